The van der Waals surface area contributed by atoms with Crippen LogP contribution in [0.25, 0.3) is 0 Å². The molecule has 1 heterocycles. The summed E-state index contributed by atoms with van der Waals surface area (Å²) >= 11 is 0. The van der Waals surface area contributed by atoms with Gasteiger partial charge in [-0.3, -0.25) is 0 Å². The Bertz CT molecular complexity index is 361. The van der Waals surface area contributed by atoms with Gasteiger partial charge in [-0.2, -0.15) is 0 Å². The molecule has 3 unspecified atom stereocenters. The second kappa shape index (κ2) is 5.07. The van der Waals surface area contributed by atoms with Crippen LogP contribution in [0.4, 0.5) is 5.69 Å². The zero-order valence-corrected chi connectivity index (χ0v) is 10.6. The Labute approximate surface area is 103 Å². The lowest BCUT2D eigenvalue weighted by Crippen LogP contribution is -2.41. The van der Waals surface area contributed by atoms with Gasteiger partial charge in [0.2, 0.25) is 0 Å². The van der Waals surface area contributed by atoms with Crippen LogP contribution >= 0.6 is 0 Å². The summed E-state index contributed by atoms with van der Waals surface area (Å²) in [4.78, 5) is 2.34. The first kappa shape index (κ1) is 12.4. The van der Waals surface area contributed by atoms with Gasteiger partial charge in [0.25, 0.3) is 0 Å². The summed E-state index contributed by atoms with van der Waals surface area (Å²) in [6.45, 7) is 5.96. The normalized spacial score (nSPS) is 26.9. The van der Waals surface area contributed by atoms with Crippen LogP contribution in [-0.2, 0) is 0 Å². The Morgan fingerprint density at radius 3 is 2.53 bits per heavy atom. The predicted octanol–water partition coefficient (Wildman–Crippen LogP) is 1.91. The first-order chi connectivity index (χ1) is 8.08. The summed E-state index contributed by atoms with van der Waals surface area (Å²) in [5.41, 5.74) is 8.23. The number of hydrogen-bond donors (Lipinski definition) is 2. The summed E-state index contributed by atoms with van der Waals surface area (Å²) in [6.07, 6.45) is 0.713. The van der Waals surface area contributed by atoms with Gasteiger partial charge >= 0.3 is 0 Å². The molecule has 0 radical (unpaired) electrons. The van der Waals surface area contributed by atoms with Crippen LogP contribution in [0.1, 0.15) is 31.9 Å². The molecule has 1 aromatic rings. The van der Waals surface area contributed by atoms with Crippen molar-refractivity contribution in [1.29, 1.82) is 0 Å². The van der Waals surface area contributed by atoms with Crippen molar-refractivity contribution in [2.45, 2.75) is 32.4 Å². The molecule has 1 aromatic carbocycles. The summed E-state index contributed by atoms with van der Waals surface area (Å²) < 4.78 is 0. The monoisotopic (exact) mass is 234 g/mol. The number of piperidine rings is 1. The van der Waals surface area contributed by atoms with Crippen LogP contribution in [0.2, 0.25) is 0 Å². The lowest BCUT2D eigenvalue weighted by atomic mass is 9.96. The minimum atomic E-state index is -0.144. The third-order valence-corrected chi connectivity index (χ3v) is 3.64. The number of nitrogens with zero attached hydrogens (tertiary/aromatic N) is 1. The van der Waals surface area contributed by atoms with Gasteiger partial charge in [-0.05, 0) is 37.0 Å². The number of aliphatic hydroxyl groups excluding tert-OH is 1. The van der Waals surface area contributed by atoms with Crippen molar-refractivity contribution in [3.63, 3.8) is 0 Å². The van der Waals surface area contributed by atoms with Gasteiger partial charge in [0, 0.05) is 24.8 Å². The van der Waals surface area contributed by atoms with Gasteiger partial charge in [-0.1, -0.05) is 19.1 Å². The van der Waals surface area contributed by atoms with E-state index in [4.69, 9.17) is 5.73 Å². The van der Waals surface area contributed by atoms with Crippen LogP contribution < -0.4 is 10.6 Å². The predicted molar refractivity (Wildman–Crippen MR) is 71.0 cm³/mol. The Morgan fingerprint density at radius 1 is 1.35 bits per heavy atom. The van der Waals surface area contributed by atoms with Gasteiger partial charge < -0.3 is 15.7 Å². The molecule has 1 fully saturated rings. The van der Waals surface area contributed by atoms with Crippen LogP contribution in [0.5, 0.6) is 0 Å². The second-order valence-corrected chi connectivity index (χ2v) is 5.16. The topological polar surface area (TPSA) is 49.5 Å². The summed E-state index contributed by atoms with van der Waals surface area (Å²) in [5, 5.41) is 9.72. The molecule has 0 aliphatic carbocycles. The number of benzene rings is 1. The minimum Gasteiger partial charge on any atom is -0.393 e. The van der Waals surface area contributed by atoms with Crippen LogP contribution in [0, 0.1) is 5.92 Å². The van der Waals surface area contributed by atoms with Gasteiger partial charge in [-0.15, -0.1) is 0 Å². The molecule has 1 aliphatic rings. The zero-order chi connectivity index (χ0) is 12.4. The van der Waals surface area contributed by atoms with E-state index in [0.717, 1.165) is 19.5 Å². The largest absolute Gasteiger partial charge is 0.393 e. The van der Waals surface area contributed by atoms with Gasteiger partial charge in [0.15, 0.2) is 0 Å². The molecule has 1 saturated heterocycles. The van der Waals surface area contributed by atoms with E-state index in [-0.39, 0.29) is 12.1 Å². The molecule has 0 saturated carbocycles. The SMILES string of the molecule is CC(N)c1ccc(N2CCC(O)C(C)C2)cc1. The smallest absolute Gasteiger partial charge is 0.0599 e. The number of aliphatic hydroxyl groups is 1. The lowest BCUT2D eigenvalue weighted by molar-refractivity contribution is 0.0971. The molecule has 17 heavy (non-hydrogen) atoms. The minimum absolute atomic E-state index is 0.0890. The molecule has 1 aliphatic heterocycles. The highest BCUT2D eigenvalue weighted by atomic mass is 16.3. The fourth-order valence-corrected chi connectivity index (χ4v) is 2.36. The second-order valence-electron chi connectivity index (χ2n) is 5.16. The average molecular weight is 234 g/mol. The number of anilines is 1. The van der Waals surface area contributed by atoms with Crippen molar-refractivity contribution in [1.82, 2.24) is 0 Å². The maximum Gasteiger partial charge on any atom is 0.0599 e. The summed E-state index contributed by atoms with van der Waals surface area (Å²) in [7, 11) is 0. The van der Waals surface area contributed by atoms with E-state index in [2.05, 4.69) is 36.1 Å². The van der Waals surface area contributed by atoms with Crippen molar-refractivity contribution in [3.05, 3.63) is 29.8 Å². The fourth-order valence-electron chi connectivity index (χ4n) is 2.36. The molecule has 94 valence electrons. The molecule has 3 nitrogen and oxygen atoms in total. The molecule has 3 heteroatoms. The van der Waals surface area contributed by atoms with E-state index < -0.39 is 0 Å². The lowest BCUT2D eigenvalue weighted by Gasteiger charge is -2.36. The van der Waals surface area contributed by atoms with Crippen molar-refractivity contribution in [2.75, 3.05) is 18.0 Å². The summed E-state index contributed by atoms with van der Waals surface area (Å²) in [5.74, 6) is 0.344. The Morgan fingerprint density at radius 2 is 2.00 bits per heavy atom. The van der Waals surface area contributed by atoms with E-state index in [1.807, 2.05) is 6.92 Å². The standard InChI is InChI=1S/C14H22N2O/c1-10-9-16(8-7-14(10)17)13-5-3-12(4-6-13)11(2)15/h3-6,10-11,14,17H,7-9,15H2,1-2H3. The van der Waals surface area contributed by atoms with E-state index in [0.29, 0.717) is 5.92 Å². The highest BCUT2D eigenvalue weighted by Crippen LogP contribution is 2.24. The van der Waals surface area contributed by atoms with Crippen molar-refractivity contribution < 1.29 is 5.11 Å². The van der Waals surface area contributed by atoms with Crippen LogP contribution in [0.3, 0.4) is 0 Å². The van der Waals surface area contributed by atoms with Gasteiger partial charge in [-0.25, -0.2) is 0 Å². The first-order valence-corrected chi connectivity index (χ1v) is 6.36. The fraction of sp³-hybridized carbons (Fsp3) is 0.571. The summed E-state index contributed by atoms with van der Waals surface area (Å²) in [6, 6.07) is 8.53. The average Bonchev–Trinajstić information content (AvgIpc) is 2.33. The zero-order valence-electron chi connectivity index (χ0n) is 10.6. The Kier molecular flexibility index (Phi) is 3.69. The maximum atomic E-state index is 9.72. The van der Waals surface area contributed by atoms with Crippen molar-refractivity contribution in [3.8, 4) is 0 Å². The third kappa shape index (κ3) is 2.79. The molecule has 0 spiro atoms. The van der Waals surface area contributed by atoms with E-state index >= 15 is 0 Å². The van der Waals surface area contributed by atoms with Gasteiger partial charge in [0.05, 0.1) is 6.10 Å². The molecule has 2 rings (SSSR count). The van der Waals surface area contributed by atoms with E-state index in [1.54, 1.807) is 0 Å². The number of nitrogens with two attached hydrogens (primary N) is 1. The molecular formula is C14H22N2O. The van der Waals surface area contributed by atoms with Crippen LogP contribution in [0.15, 0.2) is 24.3 Å². The molecule has 0 amide bonds. The van der Waals surface area contributed by atoms with Crippen molar-refractivity contribution >= 4 is 5.69 Å². The Hall–Kier alpha value is -1.06. The van der Waals surface area contributed by atoms with Gasteiger partial charge in [0.1, 0.15) is 0 Å². The quantitative estimate of drug-likeness (QED) is 0.822. The molecule has 0 bridgehead atoms. The first-order valence-electron chi connectivity index (χ1n) is 6.36. The Balaban J connectivity index is 2.07. The molecule has 3 N–H and O–H groups in total. The third-order valence-electron chi connectivity index (χ3n) is 3.64. The van der Waals surface area contributed by atoms with E-state index in [1.165, 1.54) is 11.3 Å². The highest BCUT2D eigenvalue weighted by Gasteiger charge is 2.24. The maximum absolute atomic E-state index is 9.72. The van der Waals surface area contributed by atoms with Crippen LogP contribution in [-0.4, -0.2) is 24.3 Å². The highest BCUT2D eigenvalue weighted by molar-refractivity contribution is 5.48. The molecule has 0 aromatic heterocycles. The number of hydrogen-bond acceptors (Lipinski definition) is 3. The molecular weight excluding hydrogens is 212 g/mol. The van der Waals surface area contributed by atoms with Crippen molar-refractivity contribution in [2.24, 2.45) is 11.7 Å². The molecule has 3 atom stereocenters. The van der Waals surface area contributed by atoms with E-state index in [9.17, 15) is 5.11 Å². The number of rotatable bonds is 2.